The minimum Gasteiger partial charge on any atom is -0.382 e. The van der Waals surface area contributed by atoms with Crippen LogP contribution in [0.15, 0.2) is 12.3 Å². The average Bonchev–Trinajstić information content (AvgIpc) is 2.92. The molecule has 4 N–H and O–H groups in total. The number of aryl methyl sites for hydroxylation is 2. The van der Waals surface area contributed by atoms with Crippen molar-refractivity contribution in [2.75, 3.05) is 5.73 Å². The number of nitrogens with one attached hydrogen (secondary N) is 2. The quantitative estimate of drug-likeness (QED) is 0.720. The lowest BCUT2D eigenvalue weighted by molar-refractivity contribution is 0.0946. The Bertz CT molecular complexity index is 556. The van der Waals surface area contributed by atoms with Gasteiger partial charge in [0.2, 0.25) is 0 Å². The van der Waals surface area contributed by atoms with E-state index in [4.69, 9.17) is 5.73 Å². The number of aromatic amines is 1. The van der Waals surface area contributed by atoms with Crippen molar-refractivity contribution in [3.8, 4) is 0 Å². The van der Waals surface area contributed by atoms with Gasteiger partial charge >= 0.3 is 0 Å². The highest BCUT2D eigenvalue weighted by atomic mass is 16.1. The highest BCUT2D eigenvalue weighted by Gasteiger charge is 2.11. The molecule has 2 aromatic rings. The van der Waals surface area contributed by atoms with Gasteiger partial charge in [0.1, 0.15) is 11.5 Å². The van der Waals surface area contributed by atoms with Gasteiger partial charge in [-0.1, -0.05) is 6.92 Å². The van der Waals surface area contributed by atoms with E-state index >= 15 is 0 Å². The zero-order chi connectivity index (χ0) is 13.1. The number of nitrogens with two attached hydrogens (primary N) is 1. The summed E-state index contributed by atoms with van der Waals surface area (Å²) in [5.41, 5.74) is 7.80. The Morgan fingerprint density at radius 1 is 1.61 bits per heavy atom. The number of H-pyrrole nitrogens is 1. The first-order valence-electron chi connectivity index (χ1n) is 5.70. The van der Waals surface area contributed by atoms with Crippen LogP contribution in [0.25, 0.3) is 0 Å². The van der Waals surface area contributed by atoms with Gasteiger partial charge in [-0.25, -0.2) is 0 Å². The van der Waals surface area contributed by atoms with E-state index in [2.05, 4.69) is 20.6 Å². The van der Waals surface area contributed by atoms with E-state index in [0.717, 1.165) is 17.7 Å². The molecule has 7 heteroatoms. The Morgan fingerprint density at radius 2 is 2.39 bits per heavy atom. The first-order chi connectivity index (χ1) is 8.60. The lowest BCUT2D eigenvalue weighted by atomic mass is 10.2. The summed E-state index contributed by atoms with van der Waals surface area (Å²) >= 11 is 0. The molecule has 0 unspecified atom stereocenters. The predicted molar refractivity (Wildman–Crippen MR) is 66.8 cm³/mol. The third kappa shape index (κ3) is 2.50. The molecule has 2 heterocycles. The molecule has 0 radical (unpaired) electrons. The molecule has 2 rings (SSSR count). The number of carbonyl (C=O) groups is 1. The van der Waals surface area contributed by atoms with Crippen molar-refractivity contribution < 1.29 is 4.79 Å². The Kier molecular flexibility index (Phi) is 3.31. The van der Waals surface area contributed by atoms with E-state index in [1.807, 2.05) is 20.2 Å². The van der Waals surface area contributed by atoms with E-state index in [9.17, 15) is 4.79 Å². The Labute approximate surface area is 104 Å². The van der Waals surface area contributed by atoms with Crippen LogP contribution in [-0.2, 0) is 20.0 Å². The first-order valence-corrected chi connectivity index (χ1v) is 5.70. The molecular weight excluding hydrogens is 232 g/mol. The summed E-state index contributed by atoms with van der Waals surface area (Å²) in [5, 5.41) is 13.4. The van der Waals surface area contributed by atoms with Crippen molar-refractivity contribution in [2.45, 2.75) is 19.9 Å². The van der Waals surface area contributed by atoms with Gasteiger partial charge in [-0.05, 0) is 6.42 Å². The molecule has 0 atom stereocenters. The van der Waals surface area contributed by atoms with Crippen LogP contribution < -0.4 is 11.1 Å². The van der Waals surface area contributed by atoms with Crippen molar-refractivity contribution in [1.29, 1.82) is 0 Å². The van der Waals surface area contributed by atoms with Gasteiger partial charge in [-0.2, -0.15) is 10.2 Å². The smallest absolute Gasteiger partial charge is 0.269 e. The number of nitrogen functional groups attached to an aromatic ring is 1. The molecule has 0 spiro atoms. The number of amides is 1. The normalized spacial score (nSPS) is 10.6. The zero-order valence-corrected chi connectivity index (χ0v) is 10.4. The number of hydrogen-bond donors (Lipinski definition) is 3. The van der Waals surface area contributed by atoms with E-state index in [1.165, 1.54) is 6.07 Å². The number of hydrogen-bond acceptors (Lipinski definition) is 4. The van der Waals surface area contributed by atoms with Crippen molar-refractivity contribution in [3.63, 3.8) is 0 Å². The second kappa shape index (κ2) is 4.91. The Balaban J connectivity index is 2.01. The molecule has 0 aliphatic heterocycles. The van der Waals surface area contributed by atoms with Crippen LogP contribution >= 0.6 is 0 Å². The number of rotatable bonds is 4. The summed E-state index contributed by atoms with van der Waals surface area (Å²) in [7, 11) is 1.86. The van der Waals surface area contributed by atoms with Crippen molar-refractivity contribution >= 4 is 11.7 Å². The molecular formula is C11H16N6O. The molecule has 0 saturated carbocycles. The third-order valence-corrected chi connectivity index (χ3v) is 2.61. The van der Waals surface area contributed by atoms with Crippen LogP contribution in [0.3, 0.4) is 0 Å². The second-order valence-corrected chi connectivity index (χ2v) is 4.02. The van der Waals surface area contributed by atoms with Crippen LogP contribution in [0.5, 0.6) is 0 Å². The van der Waals surface area contributed by atoms with Gasteiger partial charge in [-0.15, -0.1) is 0 Å². The molecule has 0 fully saturated rings. The molecule has 0 aliphatic carbocycles. The fourth-order valence-electron chi connectivity index (χ4n) is 1.75. The topological polar surface area (TPSA) is 102 Å². The summed E-state index contributed by atoms with van der Waals surface area (Å²) in [5.74, 6) is 0.0703. The second-order valence-electron chi connectivity index (χ2n) is 4.02. The molecule has 96 valence electrons. The van der Waals surface area contributed by atoms with Gasteiger partial charge in [0.05, 0.1) is 5.69 Å². The summed E-state index contributed by atoms with van der Waals surface area (Å²) in [4.78, 5) is 11.8. The van der Waals surface area contributed by atoms with Crippen LogP contribution in [0.1, 0.15) is 28.7 Å². The molecule has 0 bridgehead atoms. The lowest BCUT2D eigenvalue weighted by Gasteiger charge is -2.02. The van der Waals surface area contributed by atoms with Gasteiger partial charge in [0, 0.05) is 31.4 Å². The SMILES string of the molecule is CCc1nn(C)cc1CNC(=O)c1cc(N)n[nH]1. The van der Waals surface area contributed by atoms with Crippen LogP contribution in [0.2, 0.25) is 0 Å². The van der Waals surface area contributed by atoms with Crippen LogP contribution in [0, 0.1) is 0 Å². The average molecular weight is 248 g/mol. The standard InChI is InChI=1S/C11H16N6O/c1-3-8-7(6-17(2)16-8)5-13-11(18)9-4-10(12)15-14-9/h4,6H,3,5H2,1-2H3,(H,13,18)(H3,12,14,15). The number of anilines is 1. The van der Waals surface area contributed by atoms with Crippen LogP contribution in [-0.4, -0.2) is 25.9 Å². The van der Waals surface area contributed by atoms with Gasteiger partial charge in [0.25, 0.3) is 5.91 Å². The fraction of sp³-hybridized carbons (Fsp3) is 0.364. The monoisotopic (exact) mass is 248 g/mol. The highest BCUT2D eigenvalue weighted by Crippen LogP contribution is 2.07. The largest absolute Gasteiger partial charge is 0.382 e. The van der Waals surface area contributed by atoms with E-state index in [0.29, 0.717) is 18.1 Å². The van der Waals surface area contributed by atoms with Gasteiger partial charge in [-0.3, -0.25) is 14.6 Å². The minimum absolute atomic E-state index is 0.231. The fourth-order valence-corrected chi connectivity index (χ4v) is 1.75. The number of nitrogens with zero attached hydrogens (tertiary/aromatic N) is 3. The predicted octanol–water partition coefficient (Wildman–Crippen LogP) is 0.218. The van der Waals surface area contributed by atoms with E-state index < -0.39 is 0 Å². The van der Waals surface area contributed by atoms with Crippen LogP contribution in [0.4, 0.5) is 5.82 Å². The van der Waals surface area contributed by atoms with Gasteiger partial charge in [0.15, 0.2) is 0 Å². The summed E-state index contributed by atoms with van der Waals surface area (Å²) in [6.45, 7) is 2.47. The third-order valence-electron chi connectivity index (χ3n) is 2.61. The van der Waals surface area contributed by atoms with E-state index in [-0.39, 0.29) is 5.91 Å². The number of aromatic nitrogens is 4. The molecule has 1 amide bonds. The molecule has 18 heavy (non-hydrogen) atoms. The van der Waals surface area contributed by atoms with Crippen molar-refractivity contribution in [1.82, 2.24) is 25.3 Å². The molecule has 0 aromatic carbocycles. The number of carbonyl (C=O) groups excluding carboxylic acids is 1. The first kappa shape index (κ1) is 12.2. The van der Waals surface area contributed by atoms with Crippen molar-refractivity contribution in [3.05, 3.63) is 29.2 Å². The maximum atomic E-state index is 11.8. The molecule has 2 aromatic heterocycles. The Morgan fingerprint density at radius 3 is 3.00 bits per heavy atom. The molecule has 7 nitrogen and oxygen atoms in total. The molecule has 0 aliphatic rings. The summed E-state index contributed by atoms with van der Waals surface area (Å²) in [6, 6.07) is 1.50. The molecule has 0 saturated heterocycles. The zero-order valence-electron chi connectivity index (χ0n) is 10.4. The maximum Gasteiger partial charge on any atom is 0.269 e. The van der Waals surface area contributed by atoms with Gasteiger partial charge < -0.3 is 11.1 Å². The Hall–Kier alpha value is -2.31. The lowest BCUT2D eigenvalue weighted by Crippen LogP contribution is -2.23. The minimum atomic E-state index is -0.231. The highest BCUT2D eigenvalue weighted by molar-refractivity contribution is 5.92. The summed E-state index contributed by atoms with van der Waals surface area (Å²) in [6.07, 6.45) is 2.74. The van der Waals surface area contributed by atoms with Crippen molar-refractivity contribution in [2.24, 2.45) is 7.05 Å². The summed E-state index contributed by atoms with van der Waals surface area (Å²) < 4.78 is 1.74. The maximum absolute atomic E-state index is 11.8. The van der Waals surface area contributed by atoms with E-state index in [1.54, 1.807) is 4.68 Å².